The maximum Gasteiger partial charge on any atom is 0.137 e. The lowest BCUT2D eigenvalue weighted by atomic mass is 10.00. The van der Waals surface area contributed by atoms with Crippen molar-refractivity contribution < 1.29 is 4.42 Å². The first-order valence-electron chi connectivity index (χ1n) is 21.6. The molecule has 0 spiro atoms. The zero-order valence-electron chi connectivity index (χ0n) is 34.2. The average molecular weight is 803 g/mol. The van der Waals surface area contributed by atoms with Gasteiger partial charge in [-0.25, -0.2) is 0 Å². The molecule has 63 heavy (non-hydrogen) atoms. The van der Waals surface area contributed by atoms with Crippen LogP contribution in [0, 0.1) is 0 Å². The molecular weight excluding hydrogens is 765 g/mol. The number of hydrogen-bond acceptors (Lipinski definition) is 1. The van der Waals surface area contributed by atoms with Gasteiger partial charge in [-0.15, -0.1) is 0 Å². The number of hydrogen-bond donors (Lipinski definition) is 0. The molecule has 0 N–H and O–H groups in total. The maximum atomic E-state index is 6.34. The summed E-state index contributed by atoms with van der Waals surface area (Å²) in [6.45, 7) is 0. The van der Waals surface area contributed by atoms with Crippen molar-refractivity contribution in [2.75, 3.05) is 0 Å². The summed E-state index contributed by atoms with van der Waals surface area (Å²) in [6.07, 6.45) is 0. The Balaban J connectivity index is 0.836. The summed E-state index contributed by atoms with van der Waals surface area (Å²) in [5, 5.41) is 7.24. The molecule has 0 radical (unpaired) electrons. The number of para-hydroxylation sites is 2. The van der Waals surface area contributed by atoms with Gasteiger partial charge < -0.3 is 13.6 Å². The van der Waals surface area contributed by atoms with Crippen molar-refractivity contribution in [3.8, 4) is 55.9 Å². The largest absolute Gasteiger partial charge is 0.456 e. The summed E-state index contributed by atoms with van der Waals surface area (Å²) in [7, 11) is 0. The minimum absolute atomic E-state index is 0.903. The zero-order valence-corrected chi connectivity index (χ0v) is 34.2. The van der Waals surface area contributed by atoms with Crippen LogP contribution in [0.4, 0.5) is 0 Å². The molecule has 13 aromatic rings. The Bertz CT molecular complexity index is 3760. The van der Waals surface area contributed by atoms with Crippen LogP contribution in [0.1, 0.15) is 0 Å². The highest BCUT2D eigenvalue weighted by Gasteiger charge is 2.18. The number of benzene rings is 10. The number of furan rings is 1. The Morgan fingerprint density at radius 1 is 0.222 bits per heavy atom. The van der Waals surface area contributed by atoms with Gasteiger partial charge in [0.1, 0.15) is 11.2 Å². The Morgan fingerprint density at radius 2 is 0.619 bits per heavy atom. The van der Waals surface area contributed by atoms with E-state index in [2.05, 4.69) is 228 Å². The van der Waals surface area contributed by atoms with Gasteiger partial charge in [-0.3, -0.25) is 0 Å². The Labute approximate surface area is 363 Å². The fourth-order valence-electron chi connectivity index (χ4n) is 9.84. The molecule has 0 bridgehead atoms. The first kappa shape index (κ1) is 35.4. The quantitative estimate of drug-likeness (QED) is 0.164. The van der Waals surface area contributed by atoms with Crippen molar-refractivity contribution >= 4 is 65.6 Å². The van der Waals surface area contributed by atoms with E-state index in [1.807, 2.05) is 12.1 Å². The van der Waals surface area contributed by atoms with Crippen LogP contribution in [0.3, 0.4) is 0 Å². The molecule has 10 aromatic carbocycles. The molecule has 0 unspecified atom stereocenters. The van der Waals surface area contributed by atoms with Gasteiger partial charge in [0.25, 0.3) is 0 Å². The van der Waals surface area contributed by atoms with Gasteiger partial charge in [0.05, 0.1) is 22.1 Å². The number of rotatable bonds is 6. The van der Waals surface area contributed by atoms with Crippen LogP contribution in [0.2, 0.25) is 0 Å². The first-order valence-corrected chi connectivity index (χ1v) is 21.6. The van der Waals surface area contributed by atoms with Crippen LogP contribution in [0.15, 0.2) is 235 Å². The summed E-state index contributed by atoms with van der Waals surface area (Å²) in [5.74, 6) is 0. The zero-order chi connectivity index (χ0) is 41.4. The highest BCUT2D eigenvalue weighted by molar-refractivity contribution is 6.17. The van der Waals surface area contributed by atoms with Crippen LogP contribution in [0.25, 0.3) is 121 Å². The second-order valence-corrected chi connectivity index (χ2v) is 16.5. The van der Waals surface area contributed by atoms with Gasteiger partial charge in [-0.05, 0) is 99.1 Å². The third-order valence-electron chi connectivity index (χ3n) is 13.0. The second kappa shape index (κ2) is 14.1. The molecule has 0 saturated heterocycles. The van der Waals surface area contributed by atoms with Crippen molar-refractivity contribution in [2.45, 2.75) is 0 Å². The van der Waals surface area contributed by atoms with Crippen LogP contribution in [-0.2, 0) is 0 Å². The van der Waals surface area contributed by atoms with E-state index < -0.39 is 0 Å². The molecule has 0 aliphatic rings. The number of nitrogens with zero attached hydrogens (tertiary/aromatic N) is 2. The highest BCUT2D eigenvalue weighted by atomic mass is 16.3. The second-order valence-electron chi connectivity index (χ2n) is 16.5. The van der Waals surface area contributed by atoms with E-state index in [0.717, 1.165) is 38.8 Å². The van der Waals surface area contributed by atoms with Gasteiger partial charge >= 0.3 is 0 Å². The maximum absolute atomic E-state index is 6.34. The van der Waals surface area contributed by atoms with Gasteiger partial charge in [0.2, 0.25) is 0 Å². The summed E-state index contributed by atoms with van der Waals surface area (Å²) < 4.78 is 11.1. The lowest BCUT2D eigenvalue weighted by Crippen LogP contribution is -1.94. The predicted octanol–water partition coefficient (Wildman–Crippen LogP) is 16.4. The van der Waals surface area contributed by atoms with E-state index in [-0.39, 0.29) is 0 Å². The molecule has 3 aromatic heterocycles. The van der Waals surface area contributed by atoms with Gasteiger partial charge in [0.15, 0.2) is 0 Å². The summed E-state index contributed by atoms with van der Waals surface area (Å²) in [6, 6.07) is 83.4. The topological polar surface area (TPSA) is 23.0 Å². The molecule has 0 amide bonds. The van der Waals surface area contributed by atoms with Gasteiger partial charge in [-0.1, -0.05) is 170 Å². The van der Waals surface area contributed by atoms with E-state index in [1.54, 1.807) is 0 Å². The van der Waals surface area contributed by atoms with Gasteiger partial charge in [-0.2, -0.15) is 0 Å². The molecule has 3 heterocycles. The Kier molecular flexibility index (Phi) is 7.91. The third kappa shape index (κ3) is 5.75. The van der Waals surface area contributed by atoms with Crippen molar-refractivity contribution in [3.05, 3.63) is 231 Å². The highest BCUT2D eigenvalue weighted by Crippen LogP contribution is 2.40. The van der Waals surface area contributed by atoms with Crippen LogP contribution < -0.4 is 0 Å². The molecule has 0 aliphatic heterocycles. The van der Waals surface area contributed by atoms with Crippen molar-refractivity contribution in [1.29, 1.82) is 0 Å². The molecule has 0 saturated carbocycles. The van der Waals surface area contributed by atoms with Crippen LogP contribution in [-0.4, -0.2) is 9.13 Å². The van der Waals surface area contributed by atoms with E-state index in [9.17, 15) is 0 Å². The fraction of sp³-hybridized carbons (Fsp3) is 0. The third-order valence-corrected chi connectivity index (χ3v) is 13.0. The smallest absolute Gasteiger partial charge is 0.137 e. The van der Waals surface area contributed by atoms with E-state index in [0.29, 0.717) is 0 Å². The monoisotopic (exact) mass is 802 g/mol. The summed E-state index contributed by atoms with van der Waals surface area (Å²) >= 11 is 0. The van der Waals surface area contributed by atoms with E-state index in [4.69, 9.17) is 4.42 Å². The normalized spacial score (nSPS) is 11.8. The molecule has 0 atom stereocenters. The molecule has 3 heteroatoms. The van der Waals surface area contributed by atoms with Crippen molar-refractivity contribution in [2.24, 2.45) is 0 Å². The summed E-state index contributed by atoms with van der Waals surface area (Å²) in [5.41, 5.74) is 18.3. The van der Waals surface area contributed by atoms with Crippen LogP contribution >= 0.6 is 0 Å². The van der Waals surface area contributed by atoms with Crippen molar-refractivity contribution in [1.82, 2.24) is 9.13 Å². The first-order chi connectivity index (χ1) is 31.2. The lowest BCUT2D eigenvalue weighted by molar-refractivity contribution is 0.669. The minimum Gasteiger partial charge on any atom is -0.456 e. The van der Waals surface area contributed by atoms with Crippen LogP contribution in [0.5, 0.6) is 0 Å². The number of aromatic nitrogens is 2. The fourth-order valence-corrected chi connectivity index (χ4v) is 9.84. The molecule has 13 rings (SSSR count). The molecule has 0 fully saturated rings. The SMILES string of the molecule is c1ccc(-c2ccc3c4ccc(-c5ccccc5)cc4n(-c4ccc(-c5ccc(-c6ccc(-n7c8ccccc8c8cc9c(cc87)oc7ccccc79)cc6)cc5)cc4)c3c2)cc1. The molecule has 3 nitrogen and oxygen atoms in total. The predicted molar refractivity (Wildman–Crippen MR) is 264 cm³/mol. The standard InChI is InChI=1S/C60H38N2O/c1-3-11-39(12-4-1)45-27-33-50-51-34-28-46(40-13-5-2-6-14-40)36-57(51)62(56(50)35-45)48-31-25-44(26-32-48)42-21-19-41(20-22-42)43-23-29-47(30-24-43)61-55-17-9-7-15-49(55)53-37-54-52-16-8-10-18-59(52)63-60(54)38-58(53)61/h1-38H. The number of fused-ring (bicyclic) bond motifs is 9. The average Bonchev–Trinajstić information content (AvgIpc) is 4.00. The lowest BCUT2D eigenvalue weighted by Gasteiger charge is -2.12. The Hall–Kier alpha value is -8.40. The summed E-state index contributed by atoms with van der Waals surface area (Å²) in [4.78, 5) is 0. The molecular formula is C60H38N2O. The molecule has 294 valence electrons. The van der Waals surface area contributed by atoms with Gasteiger partial charge in [0, 0.05) is 49.8 Å². The molecule has 0 aliphatic carbocycles. The van der Waals surface area contributed by atoms with Crippen molar-refractivity contribution in [3.63, 3.8) is 0 Å². The Morgan fingerprint density at radius 3 is 1.17 bits per heavy atom. The minimum atomic E-state index is 0.903. The van der Waals surface area contributed by atoms with E-state index in [1.165, 1.54) is 82.6 Å². The van der Waals surface area contributed by atoms with E-state index >= 15 is 0 Å².